The molecule has 0 atom stereocenters. The van der Waals surface area contributed by atoms with E-state index in [1.165, 1.54) is 11.3 Å². The first-order valence-corrected chi connectivity index (χ1v) is 8.80. The van der Waals surface area contributed by atoms with Crippen molar-refractivity contribution in [1.29, 1.82) is 0 Å². The summed E-state index contributed by atoms with van der Waals surface area (Å²) in [7, 11) is 0. The van der Waals surface area contributed by atoms with E-state index in [2.05, 4.69) is 5.32 Å². The van der Waals surface area contributed by atoms with Gasteiger partial charge in [0.2, 0.25) is 6.79 Å². The number of amides is 1. The Kier molecular flexibility index (Phi) is 5.23. The standard InChI is InChI=1S/C18H19NO5S/c1-3-15-11(2)6-16(25-15)18(21)22-9-17(20)19-8-12-4-5-13-14(7-12)24-10-23-13/h4-7H,3,8-10H2,1-2H3,(H,19,20). The van der Waals surface area contributed by atoms with Gasteiger partial charge in [0.25, 0.3) is 5.91 Å². The van der Waals surface area contributed by atoms with Crippen LogP contribution in [-0.4, -0.2) is 25.3 Å². The second-order valence-electron chi connectivity index (χ2n) is 5.61. The highest BCUT2D eigenvalue weighted by Crippen LogP contribution is 2.32. The summed E-state index contributed by atoms with van der Waals surface area (Å²) in [4.78, 5) is 25.6. The SMILES string of the molecule is CCc1sc(C(=O)OCC(=O)NCc2ccc3c(c2)OCO3)cc1C. The molecule has 0 fully saturated rings. The number of ether oxygens (including phenoxy) is 3. The van der Waals surface area contributed by atoms with Crippen LogP contribution in [0.2, 0.25) is 0 Å². The maximum Gasteiger partial charge on any atom is 0.348 e. The van der Waals surface area contributed by atoms with E-state index in [-0.39, 0.29) is 19.3 Å². The first kappa shape index (κ1) is 17.3. The topological polar surface area (TPSA) is 73.9 Å². The predicted octanol–water partition coefficient (Wildman–Crippen LogP) is 2.82. The van der Waals surface area contributed by atoms with Gasteiger partial charge >= 0.3 is 5.97 Å². The van der Waals surface area contributed by atoms with Gasteiger partial charge in [0.05, 0.1) is 0 Å². The number of aryl methyl sites for hydroxylation is 2. The molecule has 3 rings (SSSR count). The number of benzene rings is 1. The van der Waals surface area contributed by atoms with Gasteiger partial charge in [0.1, 0.15) is 4.88 Å². The zero-order valence-corrected chi connectivity index (χ0v) is 14.9. The molecule has 0 saturated heterocycles. The minimum Gasteiger partial charge on any atom is -0.454 e. The lowest BCUT2D eigenvalue weighted by Crippen LogP contribution is -2.28. The fourth-order valence-corrected chi connectivity index (χ4v) is 3.48. The van der Waals surface area contributed by atoms with Crippen LogP contribution < -0.4 is 14.8 Å². The van der Waals surface area contributed by atoms with Crippen molar-refractivity contribution in [3.63, 3.8) is 0 Å². The highest BCUT2D eigenvalue weighted by atomic mass is 32.1. The lowest BCUT2D eigenvalue weighted by molar-refractivity contribution is -0.124. The van der Waals surface area contributed by atoms with Crippen molar-refractivity contribution >= 4 is 23.2 Å². The van der Waals surface area contributed by atoms with Crippen LogP contribution in [0.4, 0.5) is 0 Å². The van der Waals surface area contributed by atoms with Crippen LogP contribution in [-0.2, 0) is 22.5 Å². The second kappa shape index (κ2) is 7.57. The molecule has 1 aromatic carbocycles. The molecule has 0 spiro atoms. The van der Waals surface area contributed by atoms with Gasteiger partial charge < -0.3 is 19.5 Å². The third kappa shape index (κ3) is 4.11. The third-order valence-corrected chi connectivity index (χ3v) is 5.17. The summed E-state index contributed by atoms with van der Waals surface area (Å²) in [5.74, 6) is 0.542. The molecule has 0 unspecified atom stereocenters. The van der Waals surface area contributed by atoms with E-state index < -0.39 is 5.97 Å². The maximum atomic E-state index is 12.0. The number of rotatable bonds is 6. The average Bonchev–Trinajstić information content (AvgIpc) is 3.23. The summed E-state index contributed by atoms with van der Waals surface area (Å²) in [5, 5.41) is 2.72. The van der Waals surface area contributed by atoms with Gasteiger partial charge in [-0.15, -0.1) is 11.3 Å². The van der Waals surface area contributed by atoms with Crippen LogP contribution in [0.3, 0.4) is 0 Å². The van der Waals surface area contributed by atoms with E-state index in [9.17, 15) is 9.59 Å². The van der Waals surface area contributed by atoms with Gasteiger partial charge in [-0.05, 0) is 42.7 Å². The largest absolute Gasteiger partial charge is 0.454 e. The Balaban J connectivity index is 1.47. The minimum absolute atomic E-state index is 0.211. The molecule has 1 aliphatic heterocycles. The predicted molar refractivity (Wildman–Crippen MR) is 93.1 cm³/mol. The average molecular weight is 361 g/mol. The molecule has 1 amide bonds. The number of fused-ring (bicyclic) bond motifs is 1. The van der Waals surface area contributed by atoms with Crippen LogP contribution in [0.25, 0.3) is 0 Å². The molecule has 1 N–H and O–H groups in total. The summed E-state index contributed by atoms with van der Waals surface area (Å²) >= 11 is 1.41. The first-order valence-electron chi connectivity index (χ1n) is 7.98. The first-order chi connectivity index (χ1) is 12.1. The lowest BCUT2D eigenvalue weighted by Gasteiger charge is -2.07. The van der Waals surface area contributed by atoms with E-state index >= 15 is 0 Å². The molecule has 2 aromatic rings. The van der Waals surface area contributed by atoms with Crippen LogP contribution in [0.15, 0.2) is 24.3 Å². The Morgan fingerprint density at radius 2 is 2.04 bits per heavy atom. The van der Waals surface area contributed by atoms with Gasteiger partial charge in [0.15, 0.2) is 18.1 Å². The molecule has 25 heavy (non-hydrogen) atoms. The number of carbonyl (C=O) groups is 2. The minimum atomic E-state index is -0.467. The van der Waals surface area contributed by atoms with E-state index in [1.807, 2.05) is 26.0 Å². The number of thiophene rings is 1. The van der Waals surface area contributed by atoms with Crippen molar-refractivity contribution in [1.82, 2.24) is 5.32 Å². The Morgan fingerprint density at radius 3 is 2.80 bits per heavy atom. The number of hydrogen-bond acceptors (Lipinski definition) is 6. The van der Waals surface area contributed by atoms with Crippen molar-refractivity contribution in [3.05, 3.63) is 45.1 Å². The highest BCUT2D eigenvalue weighted by molar-refractivity contribution is 7.14. The normalized spacial score (nSPS) is 12.1. The number of carbonyl (C=O) groups excluding carboxylic acids is 2. The van der Waals surface area contributed by atoms with Crippen LogP contribution in [0, 0.1) is 6.92 Å². The molecule has 132 valence electrons. The summed E-state index contributed by atoms with van der Waals surface area (Å²) < 4.78 is 15.6. The number of hydrogen-bond donors (Lipinski definition) is 1. The second-order valence-corrected chi connectivity index (χ2v) is 6.75. The summed E-state index contributed by atoms with van der Waals surface area (Å²) in [6.07, 6.45) is 0.875. The van der Waals surface area contributed by atoms with E-state index in [0.717, 1.165) is 22.4 Å². The van der Waals surface area contributed by atoms with Crippen molar-refractivity contribution in [2.75, 3.05) is 13.4 Å². The van der Waals surface area contributed by atoms with Crippen molar-refractivity contribution in [2.45, 2.75) is 26.8 Å². The van der Waals surface area contributed by atoms with Crippen LogP contribution >= 0.6 is 11.3 Å². The summed E-state index contributed by atoms with van der Waals surface area (Å²) in [5.41, 5.74) is 1.96. The van der Waals surface area contributed by atoms with Crippen molar-refractivity contribution < 1.29 is 23.8 Å². The smallest absolute Gasteiger partial charge is 0.348 e. The maximum absolute atomic E-state index is 12.0. The molecule has 1 aromatic heterocycles. The molecular weight excluding hydrogens is 342 g/mol. The highest BCUT2D eigenvalue weighted by Gasteiger charge is 2.16. The molecule has 1 aliphatic rings. The Bertz CT molecular complexity index is 799. The molecule has 0 aliphatic carbocycles. The van der Waals surface area contributed by atoms with Gasteiger partial charge in [-0.3, -0.25) is 4.79 Å². The third-order valence-electron chi connectivity index (χ3n) is 3.80. The lowest BCUT2D eigenvalue weighted by atomic mass is 10.2. The molecule has 6 nitrogen and oxygen atoms in total. The van der Waals surface area contributed by atoms with Gasteiger partial charge in [-0.2, -0.15) is 0 Å². The van der Waals surface area contributed by atoms with Crippen molar-refractivity contribution in [2.24, 2.45) is 0 Å². The van der Waals surface area contributed by atoms with E-state index in [0.29, 0.717) is 22.9 Å². The summed E-state index contributed by atoms with van der Waals surface area (Å²) in [6.45, 7) is 4.23. The summed E-state index contributed by atoms with van der Waals surface area (Å²) in [6, 6.07) is 7.26. The Morgan fingerprint density at radius 1 is 1.24 bits per heavy atom. The molecule has 2 heterocycles. The molecule has 0 bridgehead atoms. The monoisotopic (exact) mass is 361 g/mol. The fraction of sp³-hybridized carbons (Fsp3) is 0.333. The zero-order valence-electron chi connectivity index (χ0n) is 14.1. The number of esters is 1. The Labute approximate surface area is 149 Å². The fourth-order valence-electron chi connectivity index (χ4n) is 2.48. The zero-order chi connectivity index (χ0) is 17.8. The van der Waals surface area contributed by atoms with Gasteiger partial charge in [0, 0.05) is 11.4 Å². The quantitative estimate of drug-likeness (QED) is 0.801. The van der Waals surface area contributed by atoms with E-state index in [1.54, 1.807) is 12.1 Å². The van der Waals surface area contributed by atoms with Gasteiger partial charge in [-0.1, -0.05) is 13.0 Å². The van der Waals surface area contributed by atoms with E-state index in [4.69, 9.17) is 14.2 Å². The molecular formula is C18H19NO5S. The molecule has 0 radical (unpaired) electrons. The van der Waals surface area contributed by atoms with Crippen LogP contribution in [0.1, 0.15) is 32.6 Å². The van der Waals surface area contributed by atoms with Crippen molar-refractivity contribution in [3.8, 4) is 11.5 Å². The van der Waals surface area contributed by atoms with Gasteiger partial charge in [-0.25, -0.2) is 4.79 Å². The molecule has 7 heteroatoms. The Hall–Kier alpha value is -2.54. The van der Waals surface area contributed by atoms with Crippen LogP contribution in [0.5, 0.6) is 11.5 Å². The molecule has 0 saturated carbocycles. The number of nitrogens with one attached hydrogen (secondary N) is 1.